The topological polar surface area (TPSA) is 20.2 Å². The third-order valence-corrected chi connectivity index (χ3v) is 12.8. The van der Waals surface area contributed by atoms with Crippen molar-refractivity contribution in [3.05, 3.63) is 52.5 Å². The summed E-state index contributed by atoms with van der Waals surface area (Å²) in [5.41, 5.74) is 0. The molecule has 0 unspecified atom stereocenters. The molecule has 0 aromatic carbocycles. The van der Waals surface area contributed by atoms with Gasteiger partial charge in [-0.05, 0) is 52.5 Å². The van der Waals surface area contributed by atoms with Crippen LogP contribution in [0.5, 0.6) is 0 Å². The predicted octanol–water partition coefficient (Wildman–Crippen LogP) is 0.551. The van der Waals surface area contributed by atoms with E-state index in [1.165, 1.54) is 13.9 Å². The lowest BCUT2D eigenvalue weighted by atomic mass is 10.5. The fourth-order valence-electron chi connectivity index (χ4n) is 2.43. The summed E-state index contributed by atoms with van der Waals surface area (Å²) in [6, 6.07) is 13.3. The van der Waals surface area contributed by atoms with E-state index in [0.29, 0.717) is 0 Å². The van der Waals surface area contributed by atoms with Gasteiger partial charge in [0.05, 0.1) is 6.16 Å². The number of aliphatic hydroxyl groups excluding tert-OH is 1. The lowest BCUT2D eigenvalue weighted by Crippen LogP contribution is -3.00. The van der Waals surface area contributed by atoms with E-state index in [2.05, 4.69) is 52.5 Å². The molecule has 0 saturated heterocycles. The number of hydrogen-bond donors (Lipinski definition) is 1. The summed E-state index contributed by atoms with van der Waals surface area (Å²) in [7, 11) is -1.53. The van der Waals surface area contributed by atoms with Crippen LogP contribution in [-0.4, -0.2) is 17.9 Å². The first-order chi connectivity index (χ1) is 9.88. The lowest BCUT2D eigenvalue weighted by Gasteiger charge is -2.22. The molecule has 3 rings (SSSR count). The highest BCUT2D eigenvalue weighted by Crippen LogP contribution is 2.58. The van der Waals surface area contributed by atoms with E-state index < -0.39 is 7.26 Å². The second-order valence-electron chi connectivity index (χ2n) is 4.46. The van der Waals surface area contributed by atoms with Crippen molar-refractivity contribution in [1.82, 2.24) is 0 Å². The zero-order chi connectivity index (χ0) is 13.8. The maximum atomic E-state index is 9.35. The van der Waals surface area contributed by atoms with Crippen LogP contribution in [0, 0.1) is 0 Å². The van der Waals surface area contributed by atoms with Gasteiger partial charge >= 0.3 is 0 Å². The first kappa shape index (κ1) is 17.3. The standard InChI is InChI=1S/C15H16OPS3.BrH/c16-8-4-9-17(13-5-1-10-18-13,14-6-2-11-19-14)15-7-3-12-20-15;/h1-3,5-7,10-12,16H,4,8-9H2;1H/q+1;/p-1. The minimum atomic E-state index is -1.53. The van der Waals surface area contributed by atoms with Gasteiger partial charge in [-0.25, -0.2) is 0 Å². The average Bonchev–Trinajstić information content (AvgIpc) is 3.23. The third-order valence-electron chi connectivity index (χ3n) is 3.30. The van der Waals surface area contributed by atoms with Crippen LogP contribution in [0.3, 0.4) is 0 Å². The molecule has 6 heteroatoms. The summed E-state index contributed by atoms with van der Waals surface area (Å²) in [5, 5.41) is 15.9. The van der Waals surface area contributed by atoms with Crippen molar-refractivity contribution < 1.29 is 22.1 Å². The number of aliphatic hydroxyl groups is 1. The Morgan fingerprint density at radius 2 is 1.24 bits per heavy atom. The Balaban J connectivity index is 0.00000161. The van der Waals surface area contributed by atoms with Crippen molar-refractivity contribution in [2.45, 2.75) is 6.42 Å². The van der Waals surface area contributed by atoms with Crippen LogP contribution in [0.4, 0.5) is 0 Å². The molecule has 0 aliphatic heterocycles. The minimum absolute atomic E-state index is 0. The van der Waals surface area contributed by atoms with Crippen LogP contribution >= 0.6 is 41.3 Å². The molecule has 3 heterocycles. The Morgan fingerprint density at radius 3 is 1.52 bits per heavy atom. The van der Waals surface area contributed by atoms with Gasteiger partial charge in [0.25, 0.3) is 0 Å². The molecular formula is C15H16BrOPS3. The van der Waals surface area contributed by atoms with Crippen LogP contribution in [-0.2, 0) is 0 Å². The molecule has 0 atom stereocenters. The van der Waals surface area contributed by atoms with Gasteiger partial charge in [-0.3, -0.25) is 0 Å². The zero-order valence-electron chi connectivity index (χ0n) is 11.3. The maximum Gasteiger partial charge on any atom is 0.158 e. The van der Waals surface area contributed by atoms with E-state index in [-0.39, 0.29) is 23.6 Å². The van der Waals surface area contributed by atoms with Gasteiger partial charge in [0.15, 0.2) is 13.9 Å². The zero-order valence-corrected chi connectivity index (χ0v) is 16.2. The van der Waals surface area contributed by atoms with Crippen molar-refractivity contribution in [1.29, 1.82) is 0 Å². The molecule has 0 spiro atoms. The van der Waals surface area contributed by atoms with Gasteiger partial charge in [0, 0.05) is 13.0 Å². The molecule has 21 heavy (non-hydrogen) atoms. The van der Waals surface area contributed by atoms with Gasteiger partial charge < -0.3 is 22.1 Å². The SMILES string of the molecule is OCCC[P+](c1cccs1)(c1cccs1)c1cccs1.[Br-]. The van der Waals surface area contributed by atoms with E-state index >= 15 is 0 Å². The number of hydrogen-bond acceptors (Lipinski definition) is 4. The summed E-state index contributed by atoms with van der Waals surface area (Å²) in [6.07, 6.45) is 1.92. The second kappa shape index (κ2) is 8.00. The molecule has 0 saturated carbocycles. The summed E-state index contributed by atoms with van der Waals surface area (Å²) in [6.45, 7) is 0.268. The largest absolute Gasteiger partial charge is 1.00 e. The van der Waals surface area contributed by atoms with Gasteiger partial charge in [0.2, 0.25) is 0 Å². The molecule has 0 fully saturated rings. The van der Waals surface area contributed by atoms with Crippen molar-refractivity contribution in [2.75, 3.05) is 12.8 Å². The monoisotopic (exact) mass is 418 g/mol. The lowest BCUT2D eigenvalue weighted by molar-refractivity contribution is -0.00000474. The minimum Gasteiger partial charge on any atom is -1.00 e. The van der Waals surface area contributed by atoms with E-state index in [9.17, 15) is 5.11 Å². The van der Waals surface area contributed by atoms with Gasteiger partial charge in [-0.1, -0.05) is 0 Å². The van der Waals surface area contributed by atoms with Gasteiger partial charge in [0.1, 0.15) is 7.26 Å². The maximum absolute atomic E-state index is 9.35. The smallest absolute Gasteiger partial charge is 0.158 e. The summed E-state index contributed by atoms with van der Waals surface area (Å²) in [5.74, 6) is 0. The molecule has 3 aromatic rings. The Kier molecular flexibility index (Phi) is 6.60. The summed E-state index contributed by atoms with van der Waals surface area (Å²) >= 11 is 5.57. The molecule has 0 aliphatic rings. The summed E-state index contributed by atoms with van der Waals surface area (Å²) in [4.78, 5) is 0. The molecule has 112 valence electrons. The quantitative estimate of drug-likeness (QED) is 0.579. The van der Waals surface area contributed by atoms with E-state index in [1.807, 2.05) is 34.0 Å². The predicted molar refractivity (Wildman–Crippen MR) is 95.3 cm³/mol. The fraction of sp³-hybridized carbons (Fsp3) is 0.200. The van der Waals surface area contributed by atoms with Crippen molar-refractivity contribution >= 4 is 55.1 Å². The molecular weight excluding hydrogens is 403 g/mol. The van der Waals surface area contributed by atoms with Crippen LogP contribution in [0.1, 0.15) is 6.42 Å². The second-order valence-corrected chi connectivity index (χ2v) is 11.7. The molecule has 1 N–H and O–H groups in total. The van der Waals surface area contributed by atoms with E-state index in [0.717, 1.165) is 12.6 Å². The highest BCUT2D eigenvalue weighted by atomic mass is 79.9. The van der Waals surface area contributed by atoms with E-state index in [4.69, 9.17) is 0 Å². The first-order valence-corrected chi connectivity index (χ1v) is 11.1. The molecule has 0 bridgehead atoms. The Bertz CT molecular complexity index is 536. The van der Waals surface area contributed by atoms with Crippen molar-refractivity contribution in [3.8, 4) is 0 Å². The number of rotatable bonds is 6. The van der Waals surface area contributed by atoms with E-state index in [1.54, 1.807) is 0 Å². The van der Waals surface area contributed by atoms with Crippen molar-refractivity contribution in [3.63, 3.8) is 0 Å². The highest BCUT2D eigenvalue weighted by molar-refractivity contribution is 8.04. The Labute approximate surface area is 148 Å². The Hall–Kier alpha value is -0.0300. The van der Waals surface area contributed by atoms with Gasteiger partial charge in [-0.2, -0.15) is 0 Å². The Morgan fingerprint density at radius 1 is 0.810 bits per heavy atom. The number of thiophene rings is 3. The van der Waals surface area contributed by atoms with Crippen LogP contribution < -0.4 is 30.8 Å². The van der Waals surface area contributed by atoms with Crippen molar-refractivity contribution in [2.24, 2.45) is 0 Å². The highest BCUT2D eigenvalue weighted by Gasteiger charge is 2.47. The molecule has 0 aliphatic carbocycles. The molecule has 1 nitrogen and oxygen atoms in total. The normalized spacial score (nSPS) is 11.3. The fourth-order valence-corrected chi connectivity index (χ4v) is 12.6. The molecule has 3 aromatic heterocycles. The average molecular weight is 419 g/mol. The third kappa shape index (κ3) is 3.34. The number of halogens is 1. The van der Waals surface area contributed by atoms with Crippen LogP contribution in [0.2, 0.25) is 0 Å². The first-order valence-electron chi connectivity index (χ1n) is 6.49. The molecule has 0 amide bonds. The summed E-state index contributed by atoms with van der Waals surface area (Å²) < 4.78 is 4.45. The molecule has 0 radical (unpaired) electrons. The van der Waals surface area contributed by atoms with Gasteiger partial charge in [-0.15, -0.1) is 34.0 Å². The van der Waals surface area contributed by atoms with Crippen LogP contribution in [0.15, 0.2) is 52.5 Å². The van der Waals surface area contributed by atoms with Crippen LogP contribution in [0.25, 0.3) is 0 Å².